The van der Waals surface area contributed by atoms with Crippen LogP contribution in [-0.4, -0.2) is 25.1 Å². The molecule has 0 radical (unpaired) electrons. The molecule has 0 aliphatic rings. The average molecular weight is 323 g/mol. The van der Waals surface area contributed by atoms with Crippen LogP contribution in [0.15, 0.2) is 18.2 Å². The molecule has 2 N–H and O–H groups in total. The second-order valence-corrected chi connectivity index (χ2v) is 4.07. The number of hydrogen-bond acceptors (Lipinski definition) is 2. The Hall–Kier alpha value is -1.42. The van der Waals surface area contributed by atoms with Gasteiger partial charge in [-0.15, -0.1) is 0 Å². The molecule has 0 heterocycles. The highest BCUT2D eigenvalue weighted by molar-refractivity contribution is 5.22. The summed E-state index contributed by atoms with van der Waals surface area (Å²) in [5, 5.41) is 0. The van der Waals surface area contributed by atoms with Crippen LogP contribution in [0.1, 0.15) is 11.6 Å². The van der Waals surface area contributed by atoms with Gasteiger partial charge in [-0.3, -0.25) is 0 Å². The van der Waals surface area contributed by atoms with E-state index in [2.05, 4.69) is 4.74 Å². The molecular weight excluding hydrogens is 314 g/mol. The maximum absolute atomic E-state index is 13.3. The molecule has 1 rings (SSSR count). The molecule has 1 aromatic rings. The maximum atomic E-state index is 13.3. The lowest BCUT2D eigenvalue weighted by Gasteiger charge is -2.24. The molecule has 2 nitrogen and oxygen atoms in total. The Balaban J connectivity index is 2.83. The molecule has 0 spiro atoms. The van der Waals surface area contributed by atoms with Crippen LogP contribution in [-0.2, 0) is 4.74 Å². The highest BCUT2D eigenvalue weighted by Crippen LogP contribution is 2.36. The molecule has 0 amide bonds. The second-order valence-electron chi connectivity index (χ2n) is 4.07. The molecule has 1 aromatic carbocycles. The van der Waals surface area contributed by atoms with Crippen molar-refractivity contribution in [1.82, 2.24) is 0 Å². The van der Waals surface area contributed by atoms with Crippen molar-refractivity contribution in [1.29, 1.82) is 0 Å². The van der Waals surface area contributed by atoms with E-state index >= 15 is 0 Å². The first-order valence-corrected chi connectivity index (χ1v) is 5.38. The van der Waals surface area contributed by atoms with Gasteiger partial charge in [0, 0.05) is 5.56 Å². The quantitative estimate of drug-likeness (QED) is 0.861. The van der Waals surface area contributed by atoms with Gasteiger partial charge < -0.3 is 10.5 Å². The summed E-state index contributed by atoms with van der Waals surface area (Å²) >= 11 is 0. The van der Waals surface area contributed by atoms with Crippen molar-refractivity contribution < 1.29 is 39.9 Å². The number of benzene rings is 1. The molecule has 120 valence electrons. The number of rotatable bonds is 4. The molecule has 0 aliphatic heterocycles. The van der Waals surface area contributed by atoms with Gasteiger partial charge in [-0.2, -0.15) is 26.3 Å². The van der Waals surface area contributed by atoms with Crippen LogP contribution in [0.2, 0.25) is 0 Å². The first-order chi connectivity index (χ1) is 9.43. The Labute approximate surface area is 113 Å². The van der Waals surface area contributed by atoms with Gasteiger partial charge in [0.25, 0.3) is 0 Å². The smallest absolute Gasteiger partial charge is 0.359 e. The van der Waals surface area contributed by atoms with E-state index in [1.54, 1.807) is 0 Å². The van der Waals surface area contributed by atoms with Crippen LogP contribution in [0.25, 0.3) is 0 Å². The summed E-state index contributed by atoms with van der Waals surface area (Å²) in [7, 11) is 0. The van der Waals surface area contributed by atoms with Crippen LogP contribution in [0.3, 0.4) is 0 Å². The van der Waals surface area contributed by atoms with E-state index in [0.717, 1.165) is 6.07 Å². The lowest BCUT2D eigenvalue weighted by atomic mass is 10.1. The molecule has 0 aromatic heterocycles. The fourth-order valence-electron chi connectivity index (χ4n) is 1.46. The van der Waals surface area contributed by atoms with Crippen molar-refractivity contribution in [3.63, 3.8) is 0 Å². The van der Waals surface area contributed by atoms with Crippen LogP contribution in [0.4, 0.5) is 35.1 Å². The lowest BCUT2D eigenvalue weighted by Crippen LogP contribution is -2.45. The van der Waals surface area contributed by atoms with Gasteiger partial charge in [0.15, 0.2) is 0 Å². The summed E-state index contributed by atoms with van der Waals surface area (Å²) in [6.07, 6.45) is -15.4. The van der Waals surface area contributed by atoms with E-state index < -0.39 is 48.3 Å². The van der Waals surface area contributed by atoms with E-state index in [0.29, 0.717) is 12.1 Å². The minimum Gasteiger partial charge on any atom is -0.359 e. The van der Waals surface area contributed by atoms with E-state index in [1.165, 1.54) is 0 Å². The van der Waals surface area contributed by atoms with Crippen molar-refractivity contribution in [2.45, 2.75) is 24.5 Å². The summed E-state index contributed by atoms with van der Waals surface area (Å²) in [4.78, 5) is 0. The highest BCUT2D eigenvalue weighted by Gasteiger charge is 2.58. The molecule has 0 saturated heterocycles. The number of halogens is 8. The van der Waals surface area contributed by atoms with Crippen LogP contribution >= 0.6 is 0 Å². The highest BCUT2D eigenvalue weighted by atomic mass is 19.4. The SMILES string of the molecule is NC(COC(C(F)(F)F)C(F)(F)F)c1cc(F)ccc1F. The van der Waals surface area contributed by atoms with Crippen LogP contribution < -0.4 is 5.73 Å². The van der Waals surface area contributed by atoms with E-state index in [4.69, 9.17) is 5.73 Å². The summed E-state index contributed by atoms with van der Waals surface area (Å²) in [5.74, 6) is -2.01. The third-order valence-corrected chi connectivity index (χ3v) is 2.39. The van der Waals surface area contributed by atoms with Gasteiger partial charge in [0.1, 0.15) is 11.6 Å². The van der Waals surface area contributed by atoms with Crippen molar-refractivity contribution in [3.8, 4) is 0 Å². The zero-order valence-corrected chi connectivity index (χ0v) is 10.1. The first kappa shape index (κ1) is 17.6. The fraction of sp³-hybridized carbons (Fsp3) is 0.455. The standard InChI is InChI=1S/C11H9F8NO/c12-5-1-2-7(13)6(3-5)8(20)4-21-9(10(14,15)16)11(17,18)19/h1-3,8-9H,4,20H2. The van der Waals surface area contributed by atoms with Gasteiger partial charge in [0.05, 0.1) is 12.6 Å². The minimum atomic E-state index is -5.70. The number of hydrogen-bond donors (Lipinski definition) is 1. The molecule has 0 saturated carbocycles. The molecule has 0 bridgehead atoms. The summed E-state index contributed by atoms with van der Waals surface area (Å²) in [6, 6.07) is 0.253. The third kappa shape index (κ3) is 4.81. The fourth-order valence-corrected chi connectivity index (χ4v) is 1.46. The Morgan fingerprint density at radius 2 is 1.52 bits per heavy atom. The molecule has 21 heavy (non-hydrogen) atoms. The van der Waals surface area contributed by atoms with Crippen molar-refractivity contribution in [2.24, 2.45) is 5.73 Å². The van der Waals surface area contributed by atoms with Crippen molar-refractivity contribution in [2.75, 3.05) is 6.61 Å². The normalized spacial score (nSPS) is 14.6. The van der Waals surface area contributed by atoms with Gasteiger partial charge in [-0.1, -0.05) is 0 Å². The van der Waals surface area contributed by atoms with Gasteiger partial charge in [0.2, 0.25) is 6.10 Å². The Morgan fingerprint density at radius 1 is 1.00 bits per heavy atom. The zero-order valence-electron chi connectivity index (χ0n) is 10.1. The topological polar surface area (TPSA) is 35.2 Å². The molecular formula is C11H9F8NO. The lowest BCUT2D eigenvalue weighted by molar-refractivity contribution is -0.322. The van der Waals surface area contributed by atoms with Gasteiger partial charge in [-0.05, 0) is 18.2 Å². The Kier molecular flexibility index (Phi) is 5.16. The Morgan fingerprint density at radius 3 is 2.00 bits per heavy atom. The molecule has 1 unspecified atom stereocenters. The molecule has 1 atom stereocenters. The third-order valence-electron chi connectivity index (χ3n) is 2.39. The Bertz CT molecular complexity index is 470. The number of ether oxygens (including phenoxy) is 1. The minimum absolute atomic E-state index is 0.569. The summed E-state index contributed by atoms with van der Waals surface area (Å²) < 4.78 is 103. The van der Waals surface area contributed by atoms with Crippen LogP contribution in [0.5, 0.6) is 0 Å². The van der Waals surface area contributed by atoms with Gasteiger partial charge >= 0.3 is 12.4 Å². The summed E-state index contributed by atoms with van der Waals surface area (Å²) in [5.41, 5.74) is 4.65. The summed E-state index contributed by atoms with van der Waals surface area (Å²) in [6.45, 7) is -1.29. The molecule has 0 aliphatic carbocycles. The van der Waals surface area contributed by atoms with Gasteiger partial charge in [-0.25, -0.2) is 8.78 Å². The first-order valence-electron chi connectivity index (χ1n) is 5.38. The largest absolute Gasteiger partial charge is 0.423 e. The molecule has 10 heteroatoms. The van der Waals surface area contributed by atoms with Crippen LogP contribution in [0, 0.1) is 11.6 Å². The van der Waals surface area contributed by atoms with E-state index in [9.17, 15) is 35.1 Å². The van der Waals surface area contributed by atoms with E-state index in [1.807, 2.05) is 0 Å². The predicted octanol–water partition coefficient (Wildman–Crippen LogP) is 3.47. The molecule has 0 fully saturated rings. The second kappa shape index (κ2) is 6.14. The predicted molar refractivity (Wildman–Crippen MR) is 55.1 cm³/mol. The number of alkyl halides is 6. The number of nitrogens with two attached hydrogens (primary N) is 1. The van der Waals surface area contributed by atoms with Crippen molar-refractivity contribution in [3.05, 3.63) is 35.4 Å². The van der Waals surface area contributed by atoms with E-state index in [-0.39, 0.29) is 0 Å². The monoisotopic (exact) mass is 323 g/mol. The van der Waals surface area contributed by atoms with Crippen molar-refractivity contribution >= 4 is 0 Å². The maximum Gasteiger partial charge on any atom is 0.423 e. The average Bonchev–Trinajstić information content (AvgIpc) is 2.28. The zero-order chi connectivity index (χ0) is 16.4.